The van der Waals surface area contributed by atoms with E-state index in [1.54, 1.807) is 37.3 Å². The third-order valence-corrected chi connectivity index (χ3v) is 3.97. The molecule has 0 bridgehead atoms. The van der Waals surface area contributed by atoms with Gasteiger partial charge in [-0.15, -0.1) is 0 Å². The second kappa shape index (κ2) is 10.6. The van der Waals surface area contributed by atoms with E-state index in [0.717, 1.165) is 0 Å². The van der Waals surface area contributed by atoms with Crippen molar-refractivity contribution in [3.63, 3.8) is 0 Å². The lowest BCUT2D eigenvalue weighted by Crippen LogP contribution is -2.40. The number of nitrogens with zero attached hydrogens (tertiary/aromatic N) is 2. The fourth-order valence-electron chi connectivity index (χ4n) is 2.55. The molecule has 0 saturated heterocycles. The summed E-state index contributed by atoms with van der Waals surface area (Å²) in [7, 11) is 0. The number of rotatable bonds is 9. The molecule has 3 amide bonds. The SMILES string of the molecule is CCN(CC(=O)Nc1ccc(NC(C)=O)cc1)C(=O)COc1ccccc1[N+](=O)[O-]. The molecule has 158 valence electrons. The minimum absolute atomic E-state index is 0.0179. The molecule has 0 aromatic heterocycles. The molecule has 0 spiro atoms. The van der Waals surface area contributed by atoms with Gasteiger partial charge in [0.25, 0.3) is 5.91 Å². The van der Waals surface area contributed by atoms with Crippen LogP contribution in [0.2, 0.25) is 0 Å². The van der Waals surface area contributed by atoms with Gasteiger partial charge in [-0.25, -0.2) is 0 Å². The number of hydrogen-bond acceptors (Lipinski definition) is 6. The van der Waals surface area contributed by atoms with Crippen LogP contribution in [0.1, 0.15) is 13.8 Å². The fraction of sp³-hybridized carbons (Fsp3) is 0.250. The number of nitrogens with one attached hydrogen (secondary N) is 2. The summed E-state index contributed by atoms with van der Waals surface area (Å²) < 4.78 is 5.29. The summed E-state index contributed by atoms with van der Waals surface area (Å²) in [4.78, 5) is 47.3. The van der Waals surface area contributed by atoms with Crippen LogP contribution in [0.3, 0.4) is 0 Å². The maximum Gasteiger partial charge on any atom is 0.310 e. The van der Waals surface area contributed by atoms with Crippen molar-refractivity contribution in [3.05, 3.63) is 58.6 Å². The van der Waals surface area contributed by atoms with E-state index >= 15 is 0 Å². The van der Waals surface area contributed by atoms with Crippen LogP contribution < -0.4 is 15.4 Å². The van der Waals surface area contributed by atoms with Gasteiger partial charge in [0.15, 0.2) is 12.4 Å². The Kier molecular flexibility index (Phi) is 7.86. The van der Waals surface area contributed by atoms with E-state index in [1.807, 2.05) is 0 Å². The monoisotopic (exact) mass is 414 g/mol. The molecule has 0 atom stereocenters. The van der Waals surface area contributed by atoms with Crippen molar-refractivity contribution in [2.75, 3.05) is 30.3 Å². The highest BCUT2D eigenvalue weighted by Crippen LogP contribution is 2.25. The third kappa shape index (κ3) is 6.59. The van der Waals surface area contributed by atoms with E-state index in [4.69, 9.17) is 4.74 Å². The highest BCUT2D eigenvalue weighted by molar-refractivity contribution is 5.95. The van der Waals surface area contributed by atoms with Gasteiger partial charge in [0.2, 0.25) is 11.8 Å². The largest absolute Gasteiger partial charge is 0.477 e. The van der Waals surface area contributed by atoms with E-state index in [0.29, 0.717) is 11.4 Å². The molecule has 0 heterocycles. The molecule has 0 saturated carbocycles. The minimum atomic E-state index is -0.595. The smallest absolute Gasteiger partial charge is 0.310 e. The average Bonchev–Trinajstić information content (AvgIpc) is 2.71. The second-order valence-corrected chi connectivity index (χ2v) is 6.23. The summed E-state index contributed by atoms with van der Waals surface area (Å²) in [6, 6.07) is 12.3. The Hall–Kier alpha value is -3.95. The van der Waals surface area contributed by atoms with Crippen molar-refractivity contribution in [3.8, 4) is 5.75 Å². The van der Waals surface area contributed by atoms with Crippen molar-refractivity contribution in [1.29, 1.82) is 0 Å². The number of benzene rings is 2. The number of nitro groups is 1. The number of para-hydroxylation sites is 2. The third-order valence-electron chi connectivity index (χ3n) is 3.97. The number of anilines is 2. The van der Waals surface area contributed by atoms with Crippen LogP contribution in [-0.4, -0.2) is 47.2 Å². The number of amides is 3. The van der Waals surface area contributed by atoms with Crippen LogP contribution in [0.25, 0.3) is 0 Å². The molecule has 0 aliphatic heterocycles. The molecule has 2 aromatic carbocycles. The summed E-state index contributed by atoms with van der Waals surface area (Å²) in [5, 5.41) is 16.3. The molecule has 0 aliphatic carbocycles. The maximum atomic E-state index is 12.4. The Morgan fingerprint density at radius 1 is 1.03 bits per heavy atom. The van der Waals surface area contributed by atoms with Gasteiger partial charge in [-0.2, -0.15) is 0 Å². The van der Waals surface area contributed by atoms with E-state index in [9.17, 15) is 24.5 Å². The van der Waals surface area contributed by atoms with E-state index in [-0.39, 0.29) is 30.4 Å². The van der Waals surface area contributed by atoms with Crippen molar-refractivity contribution in [2.24, 2.45) is 0 Å². The molecule has 0 aliphatic rings. The lowest BCUT2D eigenvalue weighted by Gasteiger charge is -2.20. The van der Waals surface area contributed by atoms with Crippen LogP contribution in [0.4, 0.5) is 17.1 Å². The van der Waals surface area contributed by atoms with Crippen molar-refractivity contribution >= 4 is 34.8 Å². The highest BCUT2D eigenvalue weighted by Gasteiger charge is 2.19. The lowest BCUT2D eigenvalue weighted by molar-refractivity contribution is -0.385. The summed E-state index contributed by atoms with van der Waals surface area (Å²) >= 11 is 0. The first kappa shape index (κ1) is 22.3. The van der Waals surface area contributed by atoms with Gasteiger partial charge in [0, 0.05) is 30.9 Å². The van der Waals surface area contributed by atoms with E-state index in [1.165, 1.54) is 30.0 Å². The van der Waals surface area contributed by atoms with Crippen LogP contribution >= 0.6 is 0 Å². The zero-order valence-electron chi connectivity index (χ0n) is 16.6. The summed E-state index contributed by atoms with van der Waals surface area (Å²) in [5.74, 6) is -1.11. The summed E-state index contributed by atoms with van der Waals surface area (Å²) in [6.07, 6.45) is 0. The number of hydrogen-bond donors (Lipinski definition) is 2. The zero-order valence-corrected chi connectivity index (χ0v) is 16.6. The molecule has 2 rings (SSSR count). The van der Waals surface area contributed by atoms with E-state index < -0.39 is 23.3 Å². The molecule has 0 unspecified atom stereocenters. The van der Waals surface area contributed by atoms with Crippen LogP contribution in [0.15, 0.2) is 48.5 Å². The van der Waals surface area contributed by atoms with Gasteiger partial charge in [0.1, 0.15) is 0 Å². The highest BCUT2D eigenvalue weighted by atomic mass is 16.6. The molecule has 10 nitrogen and oxygen atoms in total. The Labute approximate surface area is 173 Å². The first-order chi connectivity index (χ1) is 14.3. The van der Waals surface area contributed by atoms with Crippen LogP contribution in [0.5, 0.6) is 5.75 Å². The molecular formula is C20H22N4O6. The van der Waals surface area contributed by atoms with Gasteiger partial charge in [-0.1, -0.05) is 12.1 Å². The van der Waals surface area contributed by atoms with Gasteiger partial charge < -0.3 is 20.3 Å². The summed E-state index contributed by atoms with van der Waals surface area (Å²) in [6.45, 7) is 2.72. The Balaban J connectivity index is 1.91. The van der Waals surface area contributed by atoms with E-state index in [2.05, 4.69) is 10.6 Å². The molecule has 0 radical (unpaired) electrons. The topological polar surface area (TPSA) is 131 Å². The number of ether oxygens (including phenoxy) is 1. The Morgan fingerprint density at radius 2 is 1.63 bits per heavy atom. The molecule has 10 heteroatoms. The average molecular weight is 414 g/mol. The molecule has 0 fully saturated rings. The van der Waals surface area contributed by atoms with Crippen molar-refractivity contribution in [1.82, 2.24) is 4.90 Å². The molecular weight excluding hydrogens is 392 g/mol. The van der Waals surface area contributed by atoms with Gasteiger partial charge in [0.05, 0.1) is 11.5 Å². The predicted molar refractivity (Wildman–Crippen MR) is 110 cm³/mol. The first-order valence-electron chi connectivity index (χ1n) is 9.11. The zero-order chi connectivity index (χ0) is 22.1. The number of carbonyl (C=O) groups is 3. The van der Waals surface area contributed by atoms with Crippen molar-refractivity contribution in [2.45, 2.75) is 13.8 Å². The van der Waals surface area contributed by atoms with Crippen LogP contribution in [-0.2, 0) is 14.4 Å². The van der Waals surface area contributed by atoms with Gasteiger partial charge in [-0.05, 0) is 37.3 Å². The van der Waals surface area contributed by atoms with Gasteiger partial charge in [-0.3, -0.25) is 24.5 Å². The second-order valence-electron chi connectivity index (χ2n) is 6.23. The fourth-order valence-corrected chi connectivity index (χ4v) is 2.55. The molecule has 2 aromatic rings. The van der Waals surface area contributed by atoms with Gasteiger partial charge >= 0.3 is 5.69 Å². The normalized spacial score (nSPS) is 10.1. The van der Waals surface area contributed by atoms with Crippen molar-refractivity contribution < 1.29 is 24.0 Å². The number of nitro benzene ring substituents is 1. The number of likely N-dealkylation sites (N-methyl/N-ethyl adjacent to an activating group) is 1. The maximum absolute atomic E-state index is 12.4. The Bertz CT molecular complexity index is 929. The summed E-state index contributed by atoms with van der Waals surface area (Å²) in [5.41, 5.74) is 0.862. The first-order valence-corrected chi connectivity index (χ1v) is 9.11. The predicted octanol–water partition coefficient (Wildman–Crippen LogP) is 2.42. The molecule has 2 N–H and O–H groups in total. The number of carbonyl (C=O) groups excluding carboxylic acids is 3. The standard InChI is InChI=1S/C20H22N4O6/c1-3-23(20(27)13-30-18-7-5-4-6-17(18)24(28)29)12-19(26)22-16-10-8-15(9-11-16)21-14(2)25/h4-11H,3,12-13H2,1-2H3,(H,21,25)(H,22,26). The quantitative estimate of drug-likeness (QED) is 0.479. The van der Waals surface area contributed by atoms with Crippen LogP contribution in [0, 0.1) is 10.1 Å². The molecule has 30 heavy (non-hydrogen) atoms. The lowest BCUT2D eigenvalue weighted by atomic mass is 10.2. The Morgan fingerprint density at radius 3 is 2.20 bits per heavy atom. The minimum Gasteiger partial charge on any atom is -0.477 e.